The van der Waals surface area contributed by atoms with Crippen molar-refractivity contribution >= 4 is 16.9 Å². The highest BCUT2D eigenvalue weighted by Gasteiger charge is 2.68. The van der Waals surface area contributed by atoms with Crippen molar-refractivity contribution in [1.29, 1.82) is 0 Å². The Morgan fingerprint density at radius 1 is 1.11 bits per heavy atom. The molecule has 1 aromatic carbocycles. The molecule has 142 valence electrons. The van der Waals surface area contributed by atoms with E-state index in [0.29, 0.717) is 5.92 Å². The smallest absolute Gasteiger partial charge is 0.235 e. The average molecular weight is 364 g/mol. The van der Waals surface area contributed by atoms with Gasteiger partial charge in [-0.1, -0.05) is 32.9 Å². The standard InChI is InChI=1S/C22H28N4O/c1-4-25-11-13-26(14-12-25)20(27)22-10-9-15(21(22,2)3)18-19(22)24-17-8-6-5-7-16(17)23-18/h5-8,15H,4,9-14H2,1-3H3. The number of nitrogens with zero attached hydrogens (tertiary/aromatic N) is 4. The predicted molar refractivity (Wildman–Crippen MR) is 106 cm³/mol. The number of carbonyl (C=O) groups is 1. The maximum absolute atomic E-state index is 13.9. The molecule has 1 amide bonds. The molecule has 2 bridgehead atoms. The van der Waals surface area contributed by atoms with Crippen LogP contribution in [0.3, 0.4) is 0 Å². The summed E-state index contributed by atoms with van der Waals surface area (Å²) in [6.45, 7) is 11.4. The quantitative estimate of drug-likeness (QED) is 0.822. The van der Waals surface area contributed by atoms with E-state index in [1.165, 1.54) is 0 Å². The molecule has 1 aromatic heterocycles. The van der Waals surface area contributed by atoms with E-state index < -0.39 is 5.41 Å². The van der Waals surface area contributed by atoms with Crippen LogP contribution in [0.4, 0.5) is 0 Å². The molecule has 2 heterocycles. The zero-order chi connectivity index (χ0) is 18.8. The van der Waals surface area contributed by atoms with Crippen molar-refractivity contribution in [3.63, 3.8) is 0 Å². The molecule has 5 nitrogen and oxygen atoms in total. The van der Waals surface area contributed by atoms with Gasteiger partial charge in [-0.25, -0.2) is 9.97 Å². The summed E-state index contributed by atoms with van der Waals surface area (Å²) in [4.78, 5) is 28.5. The summed E-state index contributed by atoms with van der Waals surface area (Å²) in [5.74, 6) is 0.611. The minimum atomic E-state index is -0.515. The van der Waals surface area contributed by atoms with E-state index in [2.05, 4.69) is 30.6 Å². The van der Waals surface area contributed by atoms with Gasteiger partial charge >= 0.3 is 0 Å². The number of fused-ring (bicyclic) bond motifs is 6. The number of piperazine rings is 1. The molecule has 2 unspecified atom stereocenters. The van der Waals surface area contributed by atoms with Gasteiger partial charge in [0.05, 0.1) is 27.8 Å². The van der Waals surface area contributed by atoms with Crippen molar-refractivity contribution < 1.29 is 4.79 Å². The van der Waals surface area contributed by atoms with Crippen LogP contribution in [0.1, 0.15) is 50.9 Å². The molecule has 2 atom stereocenters. The van der Waals surface area contributed by atoms with Crippen LogP contribution in [0.15, 0.2) is 24.3 Å². The summed E-state index contributed by atoms with van der Waals surface area (Å²) >= 11 is 0. The number of likely N-dealkylation sites (N-methyl/N-ethyl adjacent to an activating group) is 1. The van der Waals surface area contributed by atoms with Crippen LogP contribution in [0.5, 0.6) is 0 Å². The number of aromatic nitrogens is 2. The Labute approximate surface area is 160 Å². The minimum absolute atomic E-state index is 0.133. The van der Waals surface area contributed by atoms with Gasteiger partial charge in [0.1, 0.15) is 0 Å². The number of hydrogen-bond donors (Lipinski definition) is 0. The molecule has 1 aliphatic heterocycles. The van der Waals surface area contributed by atoms with E-state index in [4.69, 9.17) is 9.97 Å². The highest BCUT2D eigenvalue weighted by atomic mass is 16.2. The average Bonchev–Trinajstić information content (AvgIpc) is 3.07. The Hall–Kier alpha value is -2.01. The third kappa shape index (κ3) is 2.12. The Balaban J connectivity index is 1.61. The number of amides is 1. The second-order valence-corrected chi connectivity index (χ2v) is 8.89. The molecular formula is C22H28N4O. The van der Waals surface area contributed by atoms with Gasteiger partial charge < -0.3 is 9.80 Å². The van der Waals surface area contributed by atoms with Crippen molar-refractivity contribution in [2.45, 2.75) is 44.9 Å². The molecular weight excluding hydrogens is 336 g/mol. The van der Waals surface area contributed by atoms with Gasteiger partial charge in [-0.3, -0.25) is 4.79 Å². The van der Waals surface area contributed by atoms with Gasteiger partial charge in [-0.15, -0.1) is 0 Å². The van der Waals surface area contributed by atoms with Crippen LogP contribution < -0.4 is 0 Å². The lowest BCUT2D eigenvalue weighted by Gasteiger charge is -2.43. The van der Waals surface area contributed by atoms with Crippen molar-refractivity contribution in [3.05, 3.63) is 35.7 Å². The van der Waals surface area contributed by atoms with Gasteiger partial charge in [0.25, 0.3) is 0 Å². The summed E-state index contributed by atoms with van der Waals surface area (Å²) < 4.78 is 0. The highest BCUT2D eigenvalue weighted by Crippen LogP contribution is 2.67. The number of rotatable bonds is 2. The first-order chi connectivity index (χ1) is 13.0. The Morgan fingerprint density at radius 3 is 2.44 bits per heavy atom. The van der Waals surface area contributed by atoms with Crippen molar-refractivity contribution in [3.8, 4) is 0 Å². The monoisotopic (exact) mass is 364 g/mol. The molecule has 0 N–H and O–H groups in total. The molecule has 1 saturated carbocycles. The van der Waals surface area contributed by atoms with Crippen LogP contribution in [0, 0.1) is 5.41 Å². The molecule has 5 rings (SSSR count). The zero-order valence-corrected chi connectivity index (χ0v) is 16.5. The normalized spacial score (nSPS) is 29.3. The molecule has 27 heavy (non-hydrogen) atoms. The predicted octanol–water partition coefficient (Wildman–Crippen LogP) is 2.95. The largest absolute Gasteiger partial charge is 0.339 e. The minimum Gasteiger partial charge on any atom is -0.339 e. The molecule has 0 radical (unpaired) electrons. The lowest BCUT2D eigenvalue weighted by atomic mass is 9.67. The number of para-hydroxylation sites is 2. The fourth-order valence-electron chi connectivity index (χ4n) is 5.84. The van der Waals surface area contributed by atoms with E-state index >= 15 is 0 Å². The van der Waals surface area contributed by atoms with E-state index in [-0.39, 0.29) is 11.3 Å². The van der Waals surface area contributed by atoms with Crippen molar-refractivity contribution in [2.75, 3.05) is 32.7 Å². The molecule has 2 fully saturated rings. The van der Waals surface area contributed by atoms with Crippen molar-refractivity contribution in [1.82, 2.24) is 19.8 Å². The first-order valence-corrected chi connectivity index (χ1v) is 10.3. The highest BCUT2D eigenvalue weighted by molar-refractivity contribution is 5.92. The van der Waals surface area contributed by atoms with E-state index in [1.807, 2.05) is 24.3 Å². The number of carbonyl (C=O) groups excluding carboxylic acids is 1. The zero-order valence-electron chi connectivity index (χ0n) is 16.5. The second-order valence-electron chi connectivity index (χ2n) is 8.89. The molecule has 3 aliphatic rings. The van der Waals surface area contributed by atoms with Gasteiger partial charge in [0.2, 0.25) is 5.91 Å². The Bertz CT molecular complexity index is 916. The Kier molecular flexibility index (Phi) is 3.64. The van der Waals surface area contributed by atoms with Crippen molar-refractivity contribution in [2.24, 2.45) is 5.41 Å². The van der Waals surface area contributed by atoms with Gasteiger partial charge in [0.15, 0.2) is 0 Å². The second kappa shape index (κ2) is 5.74. The first-order valence-electron chi connectivity index (χ1n) is 10.3. The van der Waals surface area contributed by atoms with Gasteiger partial charge in [-0.2, -0.15) is 0 Å². The molecule has 0 spiro atoms. The Morgan fingerprint density at radius 2 is 1.78 bits per heavy atom. The maximum atomic E-state index is 13.9. The fraction of sp³-hybridized carbons (Fsp3) is 0.591. The lowest BCUT2D eigenvalue weighted by molar-refractivity contribution is -0.142. The first kappa shape index (κ1) is 17.1. The molecule has 5 heteroatoms. The fourth-order valence-corrected chi connectivity index (χ4v) is 5.84. The van der Waals surface area contributed by atoms with Gasteiger partial charge in [-0.05, 0) is 36.9 Å². The summed E-state index contributed by atoms with van der Waals surface area (Å²) in [5, 5.41) is 0. The van der Waals surface area contributed by atoms with E-state index in [9.17, 15) is 4.79 Å². The third-order valence-corrected chi connectivity index (χ3v) is 7.58. The summed E-state index contributed by atoms with van der Waals surface area (Å²) in [7, 11) is 0. The summed E-state index contributed by atoms with van der Waals surface area (Å²) in [6.07, 6.45) is 1.94. The molecule has 1 saturated heterocycles. The summed E-state index contributed by atoms with van der Waals surface area (Å²) in [6, 6.07) is 8.05. The number of benzene rings is 1. The third-order valence-electron chi connectivity index (χ3n) is 7.58. The van der Waals surface area contributed by atoms with Gasteiger partial charge in [0, 0.05) is 32.1 Å². The van der Waals surface area contributed by atoms with Crippen LogP contribution in [0.2, 0.25) is 0 Å². The van der Waals surface area contributed by atoms with Crippen LogP contribution in [0.25, 0.3) is 11.0 Å². The SMILES string of the molecule is CCN1CCN(C(=O)C23CCC(c4nc5ccccc5nc42)C3(C)C)CC1. The lowest BCUT2D eigenvalue weighted by Crippen LogP contribution is -2.56. The summed E-state index contributed by atoms with van der Waals surface area (Å²) in [5.41, 5.74) is 3.24. The topological polar surface area (TPSA) is 49.3 Å². The van der Waals surface area contributed by atoms with E-state index in [0.717, 1.165) is 68.0 Å². The van der Waals surface area contributed by atoms with Crippen LogP contribution >= 0.6 is 0 Å². The molecule has 2 aliphatic carbocycles. The maximum Gasteiger partial charge on any atom is 0.235 e. The van der Waals surface area contributed by atoms with E-state index in [1.54, 1.807) is 0 Å². The molecule has 2 aromatic rings. The van der Waals surface area contributed by atoms with Crippen LogP contribution in [-0.4, -0.2) is 58.4 Å². The van der Waals surface area contributed by atoms with Crippen LogP contribution in [-0.2, 0) is 10.2 Å². The number of hydrogen-bond acceptors (Lipinski definition) is 4.